The molecule has 1 heterocycles. The number of aromatic nitrogens is 4. The Labute approximate surface area is 103 Å². The second-order valence-electron chi connectivity index (χ2n) is 3.33. The fourth-order valence-electron chi connectivity index (χ4n) is 1.15. The predicted molar refractivity (Wildman–Crippen MR) is 63.1 cm³/mol. The number of nitrogens with zero attached hydrogens (tertiary/aromatic N) is 5. The smallest absolute Gasteiger partial charge is 0.192 e. The first kappa shape index (κ1) is 11.5. The molecule has 0 fully saturated rings. The lowest BCUT2D eigenvalue weighted by molar-refractivity contribution is 0.713. The molecule has 84 valence electrons. The van der Waals surface area contributed by atoms with Crippen molar-refractivity contribution in [2.45, 2.75) is 17.8 Å². The number of rotatable bonds is 3. The van der Waals surface area contributed by atoms with E-state index in [0.29, 0.717) is 16.5 Å². The molecule has 2 rings (SSSR count). The van der Waals surface area contributed by atoms with Crippen LogP contribution in [0.5, 0.6) is 0 Å². The van der Waals surface area contributed by atoms with Crippen LogP contribution in [-0.2, 0) is 5.75 Å². The Kier molecular flexibility index (Phi) is 3.62. The monoisotopic (exact) mass is 243 g/mol. The molecule has 0 spiro atoms. The Balaban J connectivity index is 1.98. The summed E-state index contributed by atoms with van der Waals surface area (Å²) in [7, 11) is 0. The fraction of sp³-hybridized carbons (Fsp3) is 0.182. The molecule has 0 saturated carbocycles. The molecule has 0 atom stereocenters. The Morgan fingerprint density at radius 2 is 1.76 bits per heavy atom. The molecule has 0 aliphatic heterocycles. The van der Waals surface area contributed by atoms with E-state index in [-0.39, 0.29) is 0 Å². The van der Waals surface area contributed by atoms with Crippen LogP contribution in [0.2, 0.25) is 0 Å². The van der Waals surface area contributed by atoms with Gasteiger partial charge in [-0.25, -0.2) is 0 Å². The van der Waals surface area contributed by atoms with Gasteiger partial charge in [0, 0.05) is 5.75 Å². The highest BCUT2D eigenvalue weighted by molar-refractivity contribution is 7.98. The Morgan fingerprint density at radius 1 is 1.12 bits per heavy atom. The summed E-state index contributed by atoms with van der Waals surface area (Å²) in [6, 6.07) is 9.51. The lowest BCUT2D eigenvalue weighted by Gasteiger charge is -1.99. The Bertz CT molecular complexity index is 529. The number of benzene rings is 1. The zero-order chi connectivity index (χ0) is 12.1. The van der Waals surface area contributed by atoms with Gasteiger partial charge in [0.25, 0.3) is 0 Å². The van der Waals surface area contributed by atoms with Crippen molar-refractivity contribution < 1.29 is 0 Å². The normalized spacial score (nSPS) is 9.88. The van der Waals surface area contributed by atoms with Crippen molar-refractivity contribution in [1.82, 2.24) is 20.4 Å². The van der Waals surface area contributed by atoms with Crippen LogP contribution in [0.25, 0.3) is 0 Å². The minimum absolute atomic E-state index is 0.556. The molecule has 17 heavy (non-hydrogen) atoms. The topological polar surface area (TPSA) is 75.3 Å². The fourth-order valence-corrected chi connectivity index (χ4v) is 1.84. The Hall–Kier alpha value is -2.00. The van der Waals surface area contributed by atoms with Gasteiger partial charge in [0.15, 0.2) is 5.82 Å². The third-order valence-electron chi connectivity index (χ3n) is 2.01. The molecule has 0 unspecified atom stereocenters. The minimum atomic E-state index is 0.556. The summed E-state index contributed by atoms with van der Waals surface area (Å²) in [4.78, 5) is 0. The third kappa shape index (κ3) is 3.23. The zero-order valence-electron chi connectivity index (χ0n) is 9.16. The first-order valence-corrected chi connectivity index (χ1v) is 5.92. The summed E-state index contributed by atoms with van der Waals surface area (Å²) in [6.07, 6.45) is 0. The van der Waals surface area contributed by atoms with Gasteiger partial charge in [-0.05, 0) is 24.6 Å². The second-order valence-corrected chi connectivity index (χ2v) is 4.27. The van der Waals surface area contributed by atoms with Gasteiger partial charge in [-0.2, -0.15) is 5.26 Å². The number of hydrogen-bond acceptors (Lipinski definition) is 6. The van der Waals surface area contributed by atoms with E-state index in [1.807, 2.05) is 12.1 Å². The van der Waals surface area contributed by atoms with Crippen molar-refractivity contribution in [3.05, 3.63) is 41.2 Å². The van der Waals surface area contributed by atoms with Crippen LogP contribution in [-0.4, -0.2) is 20.4 Å². The highest BCUT2D eigenvalue weighted by atomic mass is 32.2. The van der Waals surface area contributed by atoms with Crippen LogP contribution in [0.1, 0.15) is 17.0 Å². The number of aryl methyl sites for hydroxylation is 1. The van der Waals surface area contributed by atoms with Crippen molar-refractivity contribution in [2.24, 2.45) is 0 Å². The summed E-state index contributed by atoms with van der Waals surface area (Å²) in [5.74, 6) is 1.30. The average molecular weight is 243 g/mol. The molecule has 0 saturated heterocycles. The first-order chi connectivity index (χ1) is 8.28. The summed E-state index contributed by atoms with van der Waals surface area (Å²) < 4.78 is 0. The van der Waals surface area contributed by atoms with E-state index in [4.69, 9.17) is 5.26 Å². The number of thioether (sulfide) groups is 1. The van der Waals surface area contributed by atoms with Crippen LogP contribution in [0.4, 0.5) is 0 Å². The standard InChI is InChI=1S/C11H9N5S/c1-8-13-15-11(16-14-8)17-7-10-4-2-9(6-12)3-5-10/h2-5H,7H2,1H3. The summed E-state index contributed by atoms with van der Waals surface area (Å²) in [5, 5.41) is 24.7. The second kappa shape index (κ2) is 5.37. The van der Waals surface area contributed by atoms with E-state index in [1.165, 1.54) is 11.8 Å². The predicted octanol–water partition coefficient (Wildman–Crippen LogP) is 1.74. The zero-order valence-corrected chi connectivity index (χ0v) is 9.98. The summed E-state index contributed by atoms with van der Waals surface area (Å²) in [5.41, 5.74) is 1.77. The van der Waals surface area contributed by atoms with Crippen LogP contribution < -0.4 is 0 Å². The molecule has 2 aromatic rings. The van der Waals surface area contributed by atoms with E-state index in [9.17, 15) is 0 Å². The van der Waals surface area contributed by atoms with Crippen molar-refractivity contribution in [2.75, 3.05) is 0 Å². The highest BCUT2D eigenvalue weighted by Gasteiger charge is 2.01. The lowest BCUT2D eigenvalue weighted by Crippen LogP contribution is -1.97. The first-order valence-electron chi connectivity index (χ1n) is 4.94. The van der Waals surface area contributed by atoms with Crippen LogP contribution in [0, 0.1) is 18.3 Å². The van der Waals surface area contributed by atoms with Gasteiger partial charge in [-0.3, -0.25) is 0 Å². The van der Waals surface area contributed by atoms with Gasteiger partial charge in [0.2, 0.25) is 5.16 Å². The van der Waals surface area contributed by atoms with Crippen molar-refractivity contribution in [3.8, 4) is 6.07 Å². The SMILES string of the molecule is Cc1nnc(SCc2ccc(C#N)cc2)nn1. The minimum Gasteiger partial charge on any atom is -0.192 e. The maximum absolute atomic E-state index is 8.67. The van der Waals surface area contributed by atoms with Gasteiger partial charge in [-0.1, -0.05) is 23.9 Å². The Morgan fingerprint density at radius 3 is 2.35 bits per heavy atom. The molecule has 0 aliphatic rings. The van der Waals surface area contributed by atoms with Gasteiger partial charge in [0.1, 0.15) is 0 Å². The molecular weight excluding hydrogens is 234 g/mol. The molecule has 0 aliphatic carbocycles. The lowest BCUT2D eigenvalue weighted by atomic mass is 10.2. The maximum Gasteiger partial charge on any atom is 0.230 e. The van der Waals surface area contributed by atoms with E-state index in [0.717, 1.165) is 11.3 Å². The third-order valence-corrected chi connectivity index (χ3v) is 2.91. The van der Waals surface area contributed by atoms with Crippen LogP contribution in [0.3, 0.4) is 0 Å². The largest absolute Gasteiger partial charge is 0.230 e. The van der Waals surface area contributed by atoms with Crippen molar-refractivity contribution in [3.63, 3.8) is 0 Å². The molecule has 5 nitrogen and oxygen atoms in total. The van der Waals surface area contributed by atoms with Gasteiger partial charge >= 0.3 is 0 Å². The molecule has 1 aromatic heterocycles. The van der Waals surface area contributed by atoms with Gasteiger partial charge < -0.3 is 0 Å². The molecule has 0 N–H and O–H groups in total. The number of hydrogen-bond donors (Lipinski definition) is 0. The summed E-state index contributed by atoms with van der Waals surface area (Å²) in [6.45, 7) is 1.75. The van der Waals surface area contributed by atoms with Crippen LogP contribution in [0.15, 0.2) is 29.4 Å². The van der Waals surface area contributed by atoms with Gasteiger partial charge in [0.05, 0.1) is 11.6 Å². The number of nitriles is 1. The quantitative estimate of drug-likeness (QED) is 0.764. The molecule has 0 bridgehead atoms. The van der Waals surface area contributed by atoms with Crippen molar-refractivity contribution >= 4 is 11.8 Å². The highest BCUT2D eigenvalue weighted by Crippen LogP contribution is 2.17. The van der Waals surface area contributed by atoms with E-state index in [2.05, 4.69) is 26.5 Å². The molecular formula is C11H9N5S. The summed E-state index contributed by atoms with van der Waals surface area (Å²) >= 11 is 1.47. The molecule has 0 radical (unpaired) electrons. The van der Waals surface area contributed by atoms with Gasteiger partial charge in [-0.15, -0.1) is 20.4 Å². The van der Waals surface area contributed by atoms with E-state index < -0.39 is 0 Å². The van der Waals surface area contributed by atoms with Crippen LogP contribution >= 0.6 is 11.8 Å². The van der Waals surface area contributed by atoms with E-state index in [1.54, 1.807) is 19.1 Å². The average Bonchev–Trinajstić information content (AvgIpc) is 2.39. The van der Waals surface area contributed by atoms with E-state index >= 15 is 0 Å². The maximum atomic E-state index is 8.67. The molecule has 6 heteroatoms. The molecule has 1 aromatic carbocycles. The molecule has 0 amide bonds. The van der Waals surface area contributed by atoms with Crippen molar-refractivity contribution in [1.29, 1.82) is 5.26 Å².